The minimum Gasteiger partial charge on any atom is -0.456 e. The molecule has 2 aromatic carbocycles. The molecular weight excluding hydrogens is 330 g/mol. The van der Waals surface area contributed by atoms with E-state index in [0.29, 0.717) is 5.56 Å². The van der Waals surface area contributed by atoms with Crippen molar-refractivity contribution in [3.63, 3.8) is 0 Å². The first kappa shape index (κ1) is 17.8. The van der Waals surface area contributed by atoms with Gasteiger partial charge in [0.05, 0.1) is 4.90 Å². The van der Waals surface area contributed by atoms with Gasteiger partial charge < -0.3 is 4.74 Å². The molecular formula is C17H17NO5S. The summed E-state index contributed by atoms with van der Waals surface area (Å²) in [5, 5.41) is 0. The van der Waals surface area contributed by atoms with E-state index in [4.69, 9.17) is 4.74 Å². The number of ketones is 1. The molecule has 0 saturated carbocycles. The molecule has 0 heterocycles. The smallest absolute Gasteiger partial charge is 0.321 e. The maximum Gasteiger partial charge on any atom is 0.321 e. The summed E-state index contributed by atoms with van der Waals surface area (Å²) in [6, 6.07) is 14.6. The lowest BCUT2D eigenvalue weighted by molar-refractivity contribution is -0.141. The van der Waals surface area contributed by atoms with Crippen molar-refractivity contribution in [2.45, 2.75) is 11.8 Å². The Morgan fingerprint density at radius 3 is 2.25 bits per heavy atom. The van der Waals surface area contributed by atoms with Crippen LogP contribution in [0.15, 0.2) is 59.5 Å². The van der Waals surface area contributed by atoms with Gasteiger partial charge in [-0.05, 0) is 19.1 Å². The summed E-state index contributed by atoms with van der Waals surface area (Å²) in [5.74, 6) is -1.18. The van der Waals surface area contributed by atoms with Crippen molar-refractivity contribution in [1.29, 1.82) is 0 Å². The third kappa shape index (κ3) is 5.00. The number of hydrogen-bond donors (Lipinski definition) is 1. The van der Waals surface area contributed by atoms with E-state index in [9.17, 15) is 18.0 Å². The minimum atomic E-state index is -3.80. The third-order valence-electron chi connectivity index (χ3n) is 3.20. The number of benzene rings is 2. The van der Waals surface area contributed by atoms with Crippen LogP contribution in [0.25, 0.3) is 0 Å². The summed E-state index contributed by atoms with van der Waals surface area (Å²) in [6.07, 6.45) is 0. The van der Waals surface area contributed by atoms with Gasteiger partial charge in [-0.1, -0.05) is 48.0 Å². The van der Waals surface area contributed by atoms with Gasteiger partial charge in [0, 0.05) is 5.56 Å². The Labute approximate surface area is 140 Å². The Bertz CT molecular complexity index is 814. The number of carbonyl (C=O) groups is 2. The summed E-state index contributed by atoms with van der Waals surface area (Å²) >= 11 is 0. The highest BCUT2D eigenvalue weighted by molar-refractivity contribution is 7.89. The molecule has 6 nitrogen and oxygen atoms in total. The summed E-state index contributed by atoms with van der Waals surface area (Å²) in [7, 11) is -3.80. The molecule has 24 heavy (non-hydrogen) atoms. The highest BCUT2D eigenvalue weighted by atomic mass is 32.2. The van der Waals surface area contributed by atoms with E-state index in [-0.39, 0.29) is 10.7 Å². The number of carbonyl (C=O) groups excluding carboxylic acids is 2. The van der Waals surface area contributed by atoms with Gasteiger partial charge in [0.2, 0.25) is 10.0 Å². The van der Waals surface area contributed by atoms with Crippen molar-refractivity contribution in [3.8, 4) is 0 Å². The number of aryl methyl sites for hydroxylation is 1. The Morgan fingerprint density at radius 1 is 1.00 bits per heavy atom. The summed E-state index contributed by atoms with van der Waals surface area (Å²) in [6.45, 7) is 0.859. The average molecular weight is 347 g/mol. The molecule has 0 bridgehead atoms. The first-order valence-electron chi connectivity index (χ1n) is 7.19. The van der Waals surface area contributed by atoms with E-state index >= 15 is 0 Å². The normalized spacial score (nSPS) is 11.0. The molecule has 0 amide bonds. The topological polar surface area (TPSA) is 89.5 Å². The standard InChI is InChI=1S/C17H17NO5S/c1-13-7-9-15(10-8-13)24(21,22)18-11-17(20)23-12-16(19)14-5-3-2-4-6-14/h2-10,18H,11-12H2,1H3. The highest BCUT2D eigenvalue weighted by Gasteiger charge is 2.16. The van der Waals surface area contributed by atoms with Crippen molar-refractivity contribution >= 4 is 21.8 Å². The quantitative estimate of drug-likeness (QED) is 0.608. The summed E-state index contributed by atoms with van der Waals surface area (Å²) in [4.78, 5) is 23.5. The lowest BCUT2D eigenvalue weighted by Gasteiger charge is -2.07. The average Bonchev–Trinajstić information content (AvgIpc) is 2.59. The first-order chi connectivity index (χ1) is 11.4. The van der Waals surface area contributed by atoms with Crippen LogP contribution in [-0.4, -0.2) is 33.3 Å². The molecule has 0 aliphatic heterocycles. The molecule has 0 aliphatic carbocycles. The fourth-order valence-electron chi connectivity index (χ4n) is 1.86. The molecule has 0 atom stereocenters. The number of ether oxygens (including phenoxy) is 1. The zero-order valence-electron chi connectivity index (χ0n) is 13.1. The van der Waals surface area contributed by atoms with Crippen LogP contribution in [0.4, 0.5) is 0 Å². The van der Waals surface area contributed by atoms with E-state index in [2.05, 4.69) is 4.72 Å². The third-order valence-corrected chi connectivity index (χ3v) is 4.61. The number of nitrogens with one attached hydrogen (secondary N) is 1. The zero-order valence-corrected chi connectivity index (χ0v) is 13.9. The van der Waals surface area contributed by atoms with Crippen LogP contribution in [0.1, 0.15) is 15.9 Å². The number of rotatable bonds is 7. The fraction of sp³-hybridized carbons (Fsp3) is 0.176. The van der Waals surface area contributed by atoms with Crippen LogP contribution >= 0.6 is 0 Å². The molecule has 0 aliphatic rings. The monoisotopic (exact) mass is 347 g/mol. The molecule has 0 unspecified atom stereocenters. The summed E-state index contributed by atoms with van der Waals surface area (Å²) in [5.41, 5.74) is 1.35. The Kier molecular flexibility index (Phi) is 5.83. The van der Waals surface area contributed by atoms with E-state index in [0.717, 1.165) is 5.56 Å². The number of sulfonamides is 1. The second-order valence-corrected chi connectivity index (χ2v) is 6.85. The minimum absolute atomic E-state index is 0.0567. The lowest BCUT2D eigenvalue weighted by atomic mass is 10.1. The van der Waals surface area contributed by atoms with E-state index in [1.807, 2.05) is 6.92 Å². The van der Waals surface area contributed by atoms with Gasteiger partial charge >= 0.3 is 5.97 Å². The van der Waals surface area contributed by atoms with E-state index in [1.54, 1.807) is 42.5 Å². The van der Waals surface area contributed by atoms with Gasteiger partial charge in [0.1, 0.15) is 6.54 Å². The molecule has 1 N–H and O–H groups in total. The first-order valence-corrected chi connectivity index (χ1v) is 8.67. The van der Waals surface area contributed by atoms with Crippen LogP contribution in [0.5, 0.6) is 0 Å². The molecule has 2 rings (SSSR count). The predicted molar refractivity (Wildman–Crippen MR) is 88.1 cm³/mol. The van der Waals surface area contributed by atoms with Gasteiger partial charge in [0.25, 0.3) is 0 Å². The van der Waals surface area contributed by atoms with Crippen molar-refractivity contribution in [2.24, 2.45) is 0 Å². The second kappa shape index (κ2) is 7.85. The maximum atomic E-state index is 12.0. The fourth-order valence-corrected chi connectivity index (χ4v) is 2.83. The Morgan fingerprint density at radius 2 is 1.62 bits per heavy atom. The summed E-state index contributed by atoms with van der Waals surface area (Å²) < 4.78 is 31.0. The van der Waals surface area contributed by atoms with Crippen LogP contribution in [0, 0.1) is 6.92 Å². The maximum absolute atomic E-state index is 12.0. The van der Waals surface area contributed by atoms with E-state index in [1.165, 1.54) is 12.1 Å². The Hall–Kier alpha value is -2.51. The van der Waals surface area contributed by atoms with Gasteiger partial charge in [-0.15, -0.1) is 0 Å². The highest BCUT2D eigenvalue weighted by Crippen LogP contribution is 2.09. The molecule has 7 heteroatoms. The van der Waals surface area contributed by atoms with Crippen LogP contribution in [0.2, 0.25) is 0 Å². The van der Waals surface area contributed by atoms with Gasteiger partial charge in [0.15, 0.2) is 12.4 Å². The molecule has 0 radical (unpaired) electrons. The van der Waals surface area contributed by atoms with E-state index < -0.39 is 29.1 Å². The van der Waals surface area contributed by atoms with Gasteiger partial charge in [-0.25, -0.2) is 8.42 Å². The molecule has 0 saturated heterocycles. The van der Waals surface area contributed by atoms with Crippen LogP contribution < -0.4 is 4.72 Å². The predicted octanol–water partition coefficient (Wildman–Crippen LogP) is 1.70. The zero-order chi connectivity index (χ0) is 17.6. The van der Waals surface area contributed by atoms with Crippen molar-refractivity contribution < 1.29 is 22.7 Å². The Balaban J connectivity index is 1.84. The number of esters is 1. The van der Waals surface area contributed by atoms with Crippen molar-refractivity contribution in [2.75, 3.05) is 13.2 Å². The van der Waals surface area contributed by atoms with Crippen molar-refractivity contribution in [3.05, 3.63) is 65.7 Å². The second-order valence-electron chi connectivity index (χ2n) is 5.09. The largest absolute Gasteiger partial charge is 0.456 e. The molecule has 0 aromatic heterocycles. The number of Topliss-reactive ketones (excluding diaryl/α,β-unsaturated/α-hetero) is 1. The van der Waals surface area contributed by atoms with Gasteiger partial charge in [-0.3, -0.25) is 9.59 Å². The number of hydrogen-bond acceptors (Lipinski definition) is 5. The molecule has 126 valence electrons. The molecule has 2 aromatic rings. The van der Waals surface area contributed by atoms with Crippen LogP contribution in [0.3, 0.4) is 0 Å². The van der Waals surface area contributed by atoms with Crippen LogP contribution in [-0.2, 0) is 19.6 Å². The molecule has 0 fully saturated rings. The van der Waals surface area contributed by atoms with Crippen molar-refractivity contribution in [1.82, 2.24) is 4.72 Å². The van der Waals surface area contributed by atoms with Gasteiger partial charge in [-0.2, -0.15) is 4.72 Å². The SMILES string of the molecule is Cc1ccc(S(=O)(=O)NCC(=O)OCC(=O)c2ccccc2)cc1. The lowest BCUT2D eigenvalue weighted by Crippen LogP contribution is -2.31. The molecule has 0 spiro atoms.